The second-order valence-electron chi connectivity index (χ2n) is 11.4. The van der Waals surface area contributed by atoms with Gasteiger partial charge in [0, 0.05) is 74.7 Å². The van der Waals surface area contributed by atoms with Gasteiger partial charge in [-0.2, -0.15) is 5.10 Å². The molecule has 0 unspecified atom stereocenters. The van der Waals surface area contributed by atoms with E-state index in [0.29, 0.717) is 35.5 Å². The van der Waals surface area contributed by atoms with Crippen LogP contribution in [-0.2, 0) is 10.2 Å². The largest absolute Gasteiger partial charge is 0.385 e. The third-order valence-corrected chi connectivity index (χ3v) is 8.06. The molecule has 2 heterocycles. The van der Waals surface area contributed by atoms with Crippen molar-refractivity contribution in [3.8, 4) is 0 Å². The minimum atomic E-state index is -0.700. The number of anilines is 3. The van der Waals surface area contributed by atoms with Crippen LogP contribution in [-0.4, -0.2) is 74.5 Å². The Kier molecular flexibility index (Phi) is 8.74. The lowest BCUT2D eigenvalue weighted by molar-refractivity contribution is 0.102. The molecule has 8 nitrogen and oxygen atoms in total. The van der Waals surface area contributed by atoms with E-state index in [-0.39, 0.29) is 5.91 Å². The van der Waals surface area contributed by atoms with Crippen molar-refractivity contribution in [1.29, 1.82) is 0 Å². The van der Waals surface area contributed by atoms with E-state index in [9.17, 15) is 13.6 Å². The molecule has 1 aliphatic heterocycles. The van der Waals surface area contributed by atoms with Crippen molar-refractivity contribution in [3.63, 3.8) is 0 Å². The first-order chi connectivity index (χ1) is 20.2. The Labute approximate surface area is 245 Å². The molecule has 0 spiro atoms. The van der Waals surface area contributed by atoms with Gasteiger partial charge in [0.2, 0.25) is 0 Å². The molecule has 0 atom stereocenters. The Hall–Kier alpha value is -4.02. The minimum Gasteiger partial charge on any atom is -0.385 e. The van der Waals surface area contributed by atoms with Crippen LogP contribution in [0.5, 0.6) is 0 Å². The van der Waals surface area contributed by atoms with Crippen LogP contribution in [0.1, 0.15) is 41.8 Å². The average molecular weight is 577 g/mol. The number of nitrogens with one attached hydrogen (secondary N) is 3. The number of halogens is 2. The maximum Gasteiger partial charge on any atom is 0.258 e. The summed E-state index contributed by atoms with van der Waals surface area (Å²) in [5, 5.41) is 14.5. The van der Waals surface area contributed by atoms with E-state index in [4.69, 9.17) is 4.74 Å². The number of benzene rings is 3. The first kappa shape index (κ1) is 29.5. The Morgan fingerprint density at radius 3 is 2.45 bits per heavy atom. The van der Waals surface area contributed by atoms with Crippen molar-refractivity contribution < 1.29 is 18.3 Å². The lowest BCUT2D eigenvalue weighted by Gasteiger charge is -2.34. The number of carbonyl (C=O) groups is 1. The number of rotatable bonds is 10. The van der Waals surface area contributed by atoms with Crippen molar-refractivity contribution >= 4 is 34.0 Å². The number of ether oxygens (including phenoxy) is 1. The van der Waals surface area contributed by atoms with Crippen molar-refractivity contribution in [1.82, 2.24) is 15.1 Å². The summed E-state index contributed by atoms with van der Waals surface area (Å²) >= 11 is 0. The summed E-state index contributed by atoms with van der Waals surface area (Å²) < 4.78 is 33.2. The summed E-state index contributed by atoms with van der Waals surface area (Å²) in [6.45, 7) is 8.90. The number of hydrogen-bond donors (Lipinski definition) is 3. The topological polar surface area (TPSA) is 85.5 Å². The Bertz CT molecular complexity index is 1540. The lowest BCUT2D eigenvalue weighted by atomic mass is 9.78. The fraction of sp³-hybridized carbons (Fsp3) is 0.375. The van der Waals surface area contributed by atoms with E-state index >= 15 is 0 Å². The van der Waals surface area contributed by atoms with Crippen LogP contribution in [0.2, 0.25) is 0 Å². The number of aromatic nitrogens is 2. The van der Waals surface area contributed by atoms with Crippen LogP contribution in [0.4, 0.5) is 26.0 Å². The fourth-order valence-electron chi connectivity index (χ4n) is 5.33. The second kappa shape index (κ2) is 12.5. The maximum atomic E-state index is 14.0. The van der Waals surface area contributed by atoms with Crippen LogP contribution < -0.4 is 15.5 Å². The van der Waals surface area contributed by atoms with E-state index in [1.54, 1.807) is 7.11 Å². The highest BCUT2D eigenvalue weighted by atomic mass is 19.1. The molecule has 5 rings (SSSR count). The molecule has 0 saturated carbocycles. The van der Waals surface area contributed by atoms with Gasteiger partial charge in [-0.3, -0.25) is 9.89 Å². The molecule has 222 valence electrons. The van der Waals surface area contributed by atoms with Crippen LogP contribution in [0.25, 0.3) is 10.9 Å². The number of aromatic amines is 1. The highest BCUT2D eigenvalue weighted by molar-refractivity contribution is 6.11. The molecule has 1 aliphatic rings. The number of piperazine rings is 1. The van der Waals surface area contributed by atoms with Gasteiger partial charge in [-0.05, 0) is 67.1 Å². The Morgan fingerprint density at radius 1 is 1.00 bits per heavy atom. The minimum absolute atomic E-state index is 0.292. The highest BCUT2D eigenvalue weighted by Gasteiger charge is 2.26. The quantitative estimate of drug-likeness (QED) is 0.213. The standard InChI is InChI=1S/C32H38F2N6O2/c1-32(2,22-16-23(33)19-24(34)17-22)21-6-9-28-27(18-21)30(38-37-28)36-31(41)26-8-7-25(40-13-11-39(3)12-14-40)20-29(26)35-10-5-15-42-4/h6-9,16-20,35H,5,10-15H2,1-4H3,(H2,36,37,38,41). The highest BCUT2D eigenvalue weighted by Crippen LogP contribution is 2.35. The predicted octanol–water partition coefficient (Wildman–Crippen LogP) is 5.62. The van der Waals surface area contributed by atoms with Gasteiger partial charge in [0.25, 0.3) is 5.91 Å². The van der Waals surface area contributed by atoms with Gasteiger partial charge >= 0.3 is 0 Å². The summed E-state index contributed by atoms with van der Waals surface area (Å²) in [6.07, 6.45) is 0.800. The molecule has 0 aliphatic carbocycles. The van der Waals surface area contributed by atoms with Gasteiger partial charge in [-0.25, -0.2) is 8.78 Å². The van der Waals surface area contributed by atoms with E-state index in [2.05, 4.69) is 37.7 Å². The number of nitrogens with zero attached hydrogens (tertiary/aromatic N) is 3. The van der Waals surface area contributed by atoms with Gasteiger partial charge in [0.15, 0.2) is 5.82 Å². The smallest absolute Gasteiger partial charge is 0.258 e. The maximum absolute atomic E-state index is 14.0. The summed E-state index contributed by atoms with van der Waals surface area (Å²) in [5.74, 6) is -1.16. The Morgan fingerprint density at radius 2 is 1.74 bits per heavy atom. The normalized spacial score (nSPS) is 14.4. The van der Waals surface area contributed by atoms with Gasteiger partial charge in [0.1, 0.15) is 11.6 Å². The molecule has 1 fully saturated rings. The molecule has 3 aromatic carbocycles. The van der Waals surface area contributed by atoms with Crippen LogP contribution in [0.15, 0.2) is 54.6 Å². The fourth-order valence-corrected chi connectivity index (χ4v) is 5.33. The van der Waals surface area contributed by atoms with Crippen molar-refractivity contribution in [3.05, 3.63) is 82.9 Å². The lowest BCUT2D eigenvalue weighted by Crippen LogP contribution is -2.44. The first-order valence-electron chi connectivity index (χ1n) is 14.2. The molecule has 1 amide bonds. The van der Waals surface area contributed by atoms with E-state index in [0.717, 1.165) is 61.1 Å². The van der Waals surface area contributed by atoms with E-state index in [1.165, 1.54) is 12.1 Å². The molecule has 1 aromatic heterocycles. The zero-order chi connectivity index (χ0) is 29.9. The number of H-pyrrole nitrogens is 1. The van der Waals surface area contributed by atoms with Crippen molar-refractivity contribution in [2.45, 2.75) is 25.7 Å². The average Bonchev–Trinajstić information content (AvgIpc) is 3.37. The van der Waals surface area contributed by atoms with Crippen LogP contribution in [0.3, 0.4) is 0 Å². The molecule has 10 heteroatoms. The SMILES string of the molecule is COCCCNc1cc(N2CCN(C)CC2)ccc1C(=O)Nc1n[nH]c2ccc(C(C)(C)c3cc(F)cc(F)c3)cc12. The van der Waals surface area contributed by atoms with Crippen molar-refractivity contribution in [2.75, 3.05) is 69.0 Å². The first-order valence-corrected chi connectivity index (χ1v) is 14.2. The zero-order valence-corrected chi connectivity index (χ0v) is 24.6. The summed E-state index contributed by atoms with van der Waals surface area (Å²) in [4.78, 5) is 18.3. The van der Waals surface area contributed by atoms with E-state index < -0.39 is 17.0 Å². The number of amides is 1. The van der Waals surface area contributed by atoms with Crippen LogP contribution in [0, 0.1) is 11.6 Å². The number of methoxy groups -OCH3 is 1. The molecule has 0 radical (unpaired) electrons. The Balaban J connectivity index is 1.42. The monoisotopic (exact) mass is 576 g/mol. The van der Waals surface area contributed by atoms with Gasteiger partial charge < -0.3 is 25.2 Å². The van der Waals surface area contributed by atoms with E-state index in [1.807, 2.05) is 50.2 Å². The summed E-state index contributed by atoms with van der Waals surface area (Å²) in [6, 6.07) is 15.1. The zero-order valence-electron chi connectivity index (χ0n) is 24.6. The number of fused-ring (bicyclic) bond motifs is 1. The third-order valence-electron chi connectivity index (χ3n) is 8.06. The molecular formula is C32H38F2N6O2. The van der Waals surface area contributed by atoms with Gasteiger partial charge in [-0.1, -0.05) is 19.9 Å². The third kappa shape index (κ3) is 6.39. The molecule has 3 N–H and O–H groups in total. The predicted molar refractivity (Wildman–Crippen MR) is 164 cm³/mol. The van der Waals surface area contributed by atoms with Gasteiger partial charge in [0.05, 0.1) is 11.1 Å². The molecule has 4 aromatic rings. The summed E-state index contributed by atoms with van der Waals surface area (Å²) in [7, 11) is 3.79. The van der Waals surface area contributed by atoms with Crippen LogP contribution >= 0.6 is 0 Å². The number of likely N-dealkylation sites (N-methyl/N-ethyl adjacent to an activating group) is 1. The summed E-state index contributed by atoms with van der Waals surface area (Å²) in [5.41, 5.74) is 3.70. The van der Waals surface area contributed by atoms with Crippen molar-refractivity contribution in [2.24, 2.45) is 0 Å². The second-order valence-corrected chi connectivity index (χ2v) is 11.4. The van der Waals surface area contributed by atoms with Gasteiger partial charge in [-0.15, -0.1) is 0 Å². The number of carbonyl (C=O) groups excluding carboxylic acids is 1. The molecule has 0 bridgehead atoms. The molecule has 1 saturated heterocycles. The number of hydrogen-bond acceptors (Lipinski definition) is 6. The molecular weight excluding hydrogens is 538 g/mol. The molecule has 42 heavy (non-hydrogen) atoms.